The van der Waals surface area contributed by atoms with Crippen LogP contribution in [0.5, 0.6) is 0 Å². The van der Waals surface area contributed by atoms with Gasteiger partial charge < -0.3 is 15.8 Å². The highest BCUT2D eigenvalue weighted by Gasteiger charge is 2.35. The average Bonchev–Trinajstić information content (AvgIpc) is 2.73. The summed E-state index contributed by atoms with van der Waals surface area (Å²) in [6, 6.07) is 0. The number of rotatable bonds is 3. The standard InChI is InChI=1S/C11H17N3O2S/c1-8-6-13-9(17-8)7-14-10(15)11(12)2-4-16-5-3-11/h6H,2-5,7,12H2,1H3,(H,14,15). The zero-order valence-corrected chi connectivity index (χ0v) is 10.7. The van der Waals surface area contributed by atoms with Gasteiger partial charge in [0.1, 0.15) is 5.01 Å². The van der Waals surface area contributed by atoms with E-state index >= 15 is 0 Å². The lowest BCUT2D eigenvalue weighted by Crippen LogP contribution is -2.56. The molecule has 0 aromatic carbocycles. The van der Waals surface area contributed by atoms with Crippen LogP contribution in [-0.4, -0.2) is 29.6 Å². The zero-order chi connectivity index (χ0) is 12.3. The SMILES string of the molecule is Cc1cnc(CNC(=O)C2(N)CCOCC2)s1. The number of hydrogen-bond acceptors (Lipinski definition) is 5. The minimum Gasteiger partial charge on any atom is -0.381 e. The second kappa shape index (κ2) is 5.12. The number of carbonyl (C=O) groups is 1. The Morgan fingerprint density at radius 2 is 2.35 bits per heavy atom. The van der Waals surface area contributed by atoms with Crippen LogP contribution in [0.2, 0.25) is 0 Å². The molecule has 0 atom stereocenters. The molecule has 0 unspecified atom stereocenters. The lowest BCUT2D eigenvalue weighted by molar-refractivity contribution is -0.129. The molecule has 1 fully saturated rings. The molecule has 0 saturated carbocycles. The van der Waals surface area contributed by atoms with E-state index < -0.39 is 5.54 Å². The fraction of sp³-hybridized carbons (Fsp3) is 0.636. The van der Waals surface area contributed by atoms with Crippen molar-refractivity contribution in [1.29, 1.82) is 0 Å². The lowest BCUT2D eigenvalue weighted by Gasteiger charge is -2.31. The summed E-state index contributed by atoms with van der Waals surface area (Å²) in [7, 11) is 0. The van der Waals surface area contributed by atoms with E-state index in [9.17, 15) is 4.79 Å². The molecule has 1 aromatic heterocycles. The van der Waals surface area contributed by atoms with Gasteiger partial charge in [0, 0.05) is 24.3 Å². The number of aromatic nitrogens is 1. The average molecular weight is 255 g/mol. The zero-order valence-electron chi connectivity index (χ0n) is 9.86. The molecule has 3 N–H and O–H groups in total. The van der Waals surface area contributed by atoms with E-state index in [0.717, 1.165) is 9.88 Å². The van der Waals surface area contributed by atoms with Crippen LogP contribution < -0.4 is 11.1 Å². The molecule has 1 aliphatic rings. The first-order chi connectivity index (χ1) is 8.10. The number of carbonyl (C=O) groups excluding carboxylic acids is 1. The summed E-state index contributed by atoms with van der Waals surface area (Å²) >= 11 is 1.58. The van der Waals surface area contributed by atoms with E-state index in [1.807, 2.05) is 6.92 Å². The number of nitrogens with two attached hydrogens (primary N) is 1. The molecule has 0 bridgehead atoms. The van der Waals surface area contributed by atoms with Gasteiger partial charge in [-0.15, -0.1) is 11.3 Å². The molecule has 1 aromatic rings. The van der Waals surface area contributed by atoms with Crippen LogP contribution in [0.15, 0.2) is 6.20 Å². The minimum atomic E-state index is -0.773. The van der Waals surface area contributed by atoms with Crippen LogP contribution in [0.4, 0.5) is 0 Å². The molecule has 6 heteroatoms. The Bertz CT molecular complexity index is 399. The molecule has 0 spiro atoms. The summed E-state index contributed by atoms with van der Waals surface area (Å²) in [6.07, 6.45) is 2.96. The van der Waals surface area contributed by atoms with Gasteiger partial charge in [-0.3, -0.25) is 4.79 Å². The Morgan fingerprint density at radius 3 is 2.94 bits per heavy atom. The topological polar surface area (TPSA) is 77.2 Å². The van der Waals surface area contributed by atoms with E-state index in [-0.39, 0.29) is 5.91 Å². The van der Waals surface area contributed by atoms with Crippen molar-refractivity contribution in [3.8, 4) is 0 Å². The Morgan fingerprint density at radius 1 is 1.65 bits per heavy atom. The van der Waals surface area contributed by atoms with E-state index in [0.29, 0.717) is 32.6 Å². The second-order valence-corrected chi connectivity index (χ2v) is 5.64. The molecule has 1 amide bonds. The third-order valence-corrected chi connectivity index (χ3v) is 3.82. The van der Waals surface area contributed by atoms with E-state index in [2.05, 4.69) is 10.3 Å². The highest BCUT2D eigenvalue weighted by molar-refractivity contribution is 7.11. The highest BCUT2D eigenvalue weighted by atomic mass is 32.1. The second-order valence-electron chi connectivity index (χ2n) is 4.32. The van der Waals surface area contributed by atoms with Crippen LogP contribution in [0.25, 0.3) is 0 Å². The van der Waals surface area contributed by atoms with Crippen molar-refractivity contribution in [3.05, 3.63) is 16.1 Å². The van der Waals surface area contributed by atoms with Gasteiger partial charge in [-0.2, -0.15) is 0 Å². The van der Waals surface area contributed by atoms with Gasteiger partial charge in [0.05, 0.1) is 12.1 Å². The van der Waals surface area contributed by atoms with Crippen molar-refractivity contribution in [2.75, 3.05) is 13.2 Å². The number of aryl methyl sites for hydroxylation is 1. The molecule has 1 saturated heterocycles. The quantitative estimate of drug-likeness (QED) is 0.828. The number of thiazole rings is 1. The van der Waals surface area contributed by atoms with Gasteiger partial charge in [-0.25, -0.2) is 4.98 Å². The fourth-order valence-electron chi connectivity index (χ4n) is 1.78. The van der Waals surface area contributed by atoms with Gasteiger partial charge in [-0.1, -0.05) is 0 Å². The third-order valence-electron chi connectivity index (χ3n) is 2.91. The molecule has 94 valence electrons. The van der Waals surface area contributed by atoms with Crippen LogP contribution in [0.1, 0.15) is 22.7 Å². The smallest absolute Gasteiger partial charge is 0.240 e. The Balaban J connectivity index is 1.88. The number of nitrogens with one attached hydrogen (secondary N) is 1. The molecule has 0 aliphatic carbocycles. The summed E-state index contributed by atoms with van der Waals surface area (Å²) in [5.74, 6) is -0.103. The summed E-state index contributed by atoms with van der Waals surface area (Å²) in [4.78, 5) is 17.3. The number of hydrogen-bond donors (Lipinski definition) is 2. The normalized spacial score (nSPS) is 18.9. The van der Waals surface area contributed by atoms with Gasteiger partial charge in [0.2, 0.25) is 5.91 Å². The first-order valence-electron chi connectivity index (χ1n) is 5.66. The van der Waals surface area contributed by atoms with Gasteiger partial charge in [0.25, 0.3) is 0 Å². The van der Waals surface area contributed by atoms with Crippen LogP contribution in [-0.2, 0) is 16.1 Å². The van der Waals surface area contributed by atoms with Crippen LogP contribution in [0.3, 0.4) is 0 Å². The molecule has 0 radical (unpaired) electrons. The van der Waals surface area contributed by atoms with Crippen molar-refractivity contribution in [2.45, 2.75) is 31.8 Å². The predicted molar refractivity (Wildman–Crippen MR) is 65.7 cm³/mol. The maximum Gasteiger partial charge on any atom is 0.240 e. The molecule has 2 heterocycles. The van der Waals surface area contributed by atoms with E-state index in [1.54, 1.807) is 17.5 Å². The van der Waals surface area contributed by atoms with Crippen molar-refractivity contribution in [1.82, 2.24) is 10.3 Å². The number of ether oxygens (including phenoxy) is 1. The van der Waals surface area contributed by atoms with Crippen molar-refractivity contribution in [3.63, 3.8) is 0 Å². The summed E-state index contributed by atoms with van der Waals surface area (Å²) in [5, 5.41) is 3.76. The van der Waals surface area contributed by atoms with Crippen LogP contribution >= 0.6 is 11.3 Å². The van der Waals surface area contributed by atoms with Crippen molar-refractivity contribution < 1.29 is 9.53 Å². The first-order valence-corrected chi connectivity index (χ1v) is 6.48. The van der Waals surface area contributed by atoms with Crippen molar-refractivity contribution in [2.24, 2.45) is 5.73 Å². The maximum atomic E-state index is 12.0. The monoisotopic (exact) mass is 255 g/mol. The van der Waals surface area contributed by atoms with Gasteiger partial charge in [0.15, 0.2) is 0 Å². The number of amides is 1. The highest BCUT2D eigenvalue weighted by Crippen LogP contribution is 2.18. The maximum absolute atomic E-state index is 12.0. The van der Waals surface area contributed by atoms with E-state index in [1.165, 1.54) is 0 Å². The molecular weight excluding hydrogens is 238 g/mol. The summed E-state index contributed by atoms with van der Waals surface area (Å²) in [6.45, 7) is 3.56. The van der Waals surface area contributed by atoms with Gasteiger partial charge >= 0.3 is 0 Å². The Labute approximate surface area is 104 Å². The lowest BCUT2D eigenvalue weighted by atomic mass is 9.90. The van der Waals surface area contributed by atoms with Crippen LogP contribution in [0, 0.1) is 6.92 Å². The summed E-state index contributed by atoms with van der Waals surface area (Å²) < 4.78 is 5.21. The molecular formula is C11H17N3O2S. The first kappa shape index (κ1) is 12.5. The van der Waals surface area contributed by atoms with E-state index in [4.69, 9.17) is 10.5 Å². The van der Waals surface area contributed by atoms with Crippen molar-refractivity contribution >= 4 is 17.2 Å². The molecule has 1 aliphatic heterocycles. The Hall–Kier alpha value is -0.980. The Kier molecular flexibility index (Phi) is 3.76. The third kappa shape index (κ3) is 3.02. The fourth-order valence-corrected chi connectivity index (χ4v) is 2.50. The molecule has 17 heavy (non-hydrogen) atoms. The summed E-state index contributed by atoms with van der Waals surface area (Å²) in [5.41, 5.74) is 5.29. The minimum absolute atomic E-state index is 0.103. The molecule has 2 rings (SSSR count). The predicted octanol–water partition coefficient (Wildman–Crippen LogP) is 0.576. The van der Waals surface area contributed by atoms with Gasteiger partial charge in [-0.05, 0) is 19.8 Å². The largest absolute Gasteiger partial charge is 0.381 e. The number of nitrogens with zero attached hydrogens (tertiary/aromatic N) is 1. The molecule has 5 nitrogen and oxygen atoms in total.